The van der Waals surface area contributed by atoms with Gasteiger partial charge < -0.3 is 4.84 Å². The lowest BCUT2D eigenvalue weighted by Crippen LogP contribution is -2.33. The molecule has 0 N–H and O–H groups in total. The lowest BCUT2D eigenvalue weighted by Gasteiger charge is -2.15. The summed E-state index contributed by atoms with van der Waals surface area (Å²) < 4.78 is 13.1. The van der Waals surface area contributed by atoms with Gasteiger partial charge in [-0.15, -0.1) is 0 Å². The summed E-state index contributed by atoms with van der Waals surface area (Å²) in [6, 6.07) is 14.3. The van der Waals surface area contributed by atoms with Gasteiger partial charge in [0.05, 0.1) is 5.69 Å². The second kappa shape index (κ2) is 5.01. The molecule has 2 aromatic carbocycles. The number of imide groups is 1. The molecule has 0 radical (unpaired) electrons. The number of fused-ring (bicyclic) bond motifs is 1. The summed E-state index contributed by atoms with van der Waals surface area (Å²) in [7, 11) is 0. The number of carbonyl (C=O) groups excluding carboxylic acids is 2. The minimum Gasteiger partial charge on any atom is -0.381 e. The standard InChI is InChI=1S/C17H11FN2O3/c18-11-8-6-10(7-9-11)14-13-15(23-19-14)17(22)20(16(13)21)12-4-2-1-3-5-12/h1-9,13,15H/t13-,15-/m1/s1. The monoisotopic (exact) mass is 310 g/mol. The van der Waals surface area contributed by atoms with Gasteiger partial charge in [0.1, 0.15) is 17.4 Å². The molecule has 0 saturated carbocycles. The molecule has 1 saturated heterocycles. The van der Waals surface area contributed by atoms with Crippen LogP contribution in [0.2, 0.25) is 0 Å². The molecule has 2 aromatic rings. The number of rotatable bonds is 2. The lowest BCUT2D eigenvalue weighted by molar-refractivity contribution is -0.126. The van der Waals surface area contributed by atoms with Gasteiger partial charge in [-0.05, 0) is 24.3 Å². The van der Waals surface area contributed by atoms with E-state index in [1.165, 1.54) is 24.3 Å². The molecule has 23 heavy (non-hydrogen) atoms. The van der Waals surface area contributed by atoms with E-state index in [9.17, 15) is 14.0 Å². The molecule has 2 atom stereocenters. The Bertz CT molecular complexity index is 817. The van der Waals surface area contributed by atoms with Gasteiger partial charge in [-0.2, -0.15) is 0 Å². The van der Waals surface area contributed by atoms with Gasteiger partial charge in [-0.3, -0.25) is 9.59 Å². The van der Waals surface area contributed by atoms with E-state index in [4.69, 9.17) is 4.84 Å². The average molecular weight is 310 g/mol. The highest BCUT2D eigenvalue weighted by molar-refractivity contribution is 6.32. The van der Waals surface area contributed by atoms with Crippen molar-refractivity contribution in [3.63, 3.8) is 0 Å². The first-order valence-electron chi connectivity index (χ1n) is 7.09. The van der Waals surface area contributed by atoms with Crippen LogP contribution in [-0.4, -0.2) is 23.6 Å². The van der Waals surface area contributed by atoms with Crippen molar-refractivity contribution in [3.05, 3.63) is 66.0 Å². The second-order valence-electron chi connectivity index (χ2n) is 5.33. The van der Waals surface area contributed by atoms with Crippen LogP contribution in [0.5, 0.6) is 0 Å². The predicted octanol–water partition coefficient (Wildman–Crippen LogP) is 2.12. The summed E-state index contributed by atoms with van der Waals surface area (Å²) >= 11 is 0. The third-order valence-corrected chi connectivity index (χ3v) is 3.97. The first kappa shape index (κ1) is 13.6. The van der Waals surface area contributed by atoms with Gasteiger partial charge in [0.15, 0.2) is 0 Å². The van der Waals surface area contributed by atoms with Crippen molar-refractivity contribution in [2.45, 2.75) is 6.10 Å². The van der Waals surface area contributed by atoms with Crippen LogP contribution in [0.4, 0.5) is 10.1 Å². The summed E-state index contributed by atoms with van der Waals surface area (Å²) in [5.74, 6) is -2.00. The molecule has 0 spiro atoms. The summed E-state index contributed by atoms with van der Waals surface area (Å²) in [6.45, 7) is 0. The maximum atomic E-state index is 13.1. The number of para-hydroxylation sites is 1. The van der Waals surface area contributed by atoms with E-state index in [2.05, 4.69) is 5.16 Å². The van der Waals surface area contributed by atoms with E-state index in [1.807, 2.05) is 0 Å². The molecule has 0 aromatic heterocycles. The molecule has 5 nitrogen and oxygen atoms in total. The summed E-state index contributed by atoms with van der Waals surface area (Å²) in [5.41, 5.74) is 1.42. The van der Waals surface area contributed by atoms with Crippen LogP contribution in [0.15, 0.2) is 59.8 Å². The van der Waals surface area contributed by atoms with Crippen molar-refractivity contribution in [2.24, 2.45) is 11.1 Å². The minimum absolute atomic E-state index is 0.354. The third-order valence-electron chi connectivity index (χ3n) is 3.97. The fourth-order valence-electron chi connectivity index (χ4n) is 2.87. The smallest absolute Gasteiger partial charge is 0.278 e. The highest BCUT2D eigenvalue weighted by Crippen LogP contribution is 2.34. The van der Waals surface area contributed by atoms with Crippen LogP contribution in [0.1, 0.15) is 5.56 Å². The molecule has 0 unspecified atom stereocenters. The third kappa shape index (κ3) is 2.03. The van der Waals surface area contributed by atoms with E-state index in [-0.39, 0.29) is 11.7 Å². The van der Waals surface area contributed by atoms with E-state index in [0.717, 1.165) is 4.90 Å². The maximum absolute atomic E-state index is 13.1. The Morgan fingerprint density at radius 1 is 0.957 bits per heavy atom. The number of benzene rings is 2. The molecule has 0 aliphatic carbocycles. The maximum Gasteiger partial charge on any atom is 0.278 e. The predicted molar refractivity (Wildman–Crippen MR) is 80.2 cm³/mol. The number of halogens is 1. The van der Waals surface area contributed by atoms with Crippen LogP contribution in [0, 0.1) is 11.7 Å². The Hall–Kier alpha value is -3.02. The van der Waals surface area contributed by atoms with Gasteiger partial charge in [0.2, 0.25) is 12.0 Å². The molecular formula is C17H11FN2O3. The normalized spacial score (nSPS) is 22.8. The minimum atomic E-state index is -0.956. The lowest BCUT2D eigenvalue weighted by atomic mass is 9.94. The SMILES string of the molecule is O=C1[C@@H]2C(c3ccc(F)cc3)=NO[C@H]2C(=O)N1c1ccccc1. The molecule has 2 aliphatic heterocycles. The molecule has 2 heterocycles. The Morgan fingerprint density at radius 3 is 2.35 bits per heavy atom. The highest BCUT2D eigenvalue weighted by Gasteiger charge is 2.56. The van der Waals surface area contributed by atoms with Crippen molar-refractivity contribution in [3.8, 4) is 0 Å². The number of nitrogens with zero attached hydrogens (tertiary/aromatic N) is 2. The number of hydrogen-bond acceptors (Lipinski definition) is 4. The Morgan fingerprint density at radius 2 is 1.65 bits per heavy atom. The van der Waals surface area contributed by atoms with Gasteiger partial charge in [0.25, 0.3) is 5.91 Å². The summed E-state index contributed by atoms with van der Waals surface area (Å²) in [6.07, 6.45) is -0.956. The van der Waals surface area contributed by atoms with E-state index in [0.29, 0.717) is 17.0 Å². The van der Waals surface area contributed by atoms with Gasteiger partial charge in [-0.1, -0.05) is 35.5 Å². The number of hydrogen-bond donors (Lipinski definition) is 0. The molecule has 2 aliphatic rings. The van der Waals surface area contributed by atoms with Crippen molar-refractivity contribution in [1.82, 2.24) is 0 Å². The van der Waals surface area contributed by atoms with Gasteiger partial charge in [-0.25, -0.2) is 9.29 Å². The Kier molecular flexibility index (Phi) is 2.97. The van der Waals surface area contributed by atoms with Gasteiger partial charge >= 0.3 is 0 Å². The average Bonchev–Trinajstić information content (AvgIpc) is 3.10. The first-order valence-corrected chi connectivity index (χ1v) is 7.09. The molecule has 114 valence electrons. The Labute approximate surface area is 131 Å². The number of carbonyl (C=O) groups is 2. The van der Waals surface area contributed by atoms with Crippen LogP contribution >= 0.6 is 0 Å². The van der Waals surface area contributed by atoms with Crippen LogP contribution < -0.4 is 4.90 Å². The Balaban J connectivity index is 1.71. The molecular weight excluding hydrogens is 299 g/mol. The highest BCUT2D eigenvalue weighted by atomic mass is 19.1. The van der Waals surface area contributed by atoms with Crippen molar-refractivity contribution < 1.29 is 18.8 Å². The zero-order chi connectivity index (χ0) is 16.0. The summed E-state index contributed by atoms with van der Waals surface area (Å²) in [4.78, 5) is 31.5. The van der Waals surface area contributed by atoms with E-state index >= 15 is 0 Å². The molecule has 4 rings (SSSR count). The van der Waals surface area contributed by atoms with Crippen LogP contribution in [0.25, 0.3) is 0 Å². The number of anilines is 1. The summed E-state index contributed by atoms with van der Waals surface area (Å²) in [5, 5.41) is 3.87. The van der Waals surface area contributed by atoms with Crippen LogP contribution in [0.3, 0.4) is 0 Å². The van der Waals surface area contributed by atoms with E-state index < -0.39 is 17.9 Å². The van der Waals surface area contributed by atoms with E-state index in [1.54, 1.807) is 30.3 Å². The zero-order valence-corrected chi connectivity index (χ0v) is 11.8. The van der Waals surface area contributed by atoms with Gasteiger partial charge in [0, 0.05) is 5.56 Å². The van der Waals surface area contributed by atoms with Crippen molar-refractivity contribution in [1.29, 1.82) is 0 Å². The van der Waals surface area contributed by atoms with Crippen molar-refractivity contribution >= 4 is 23.2 Å². The molecule has 1 fully saturated rings. The number of amides is 2. The topological polar surface area (TPSA) is 59.0 Å². The molecule has 6 heteroatoms. The fraction of sp³-hybridized carbons (Fsp3) is 0.118. The zero-order valence-electron chi connectivity index (χ0n) is 11.8. The van der Waals surface area contributed by atoms with Crippen molar-refractivity contribution in [2.75, 3.05) is 4.90 Å². The quantitative estimate of drug-likeness (QED) is 0.798. The number of oxime groups is 1. The fourth-order valence-corrected chi connectivity index (χ4v) is 2.87. The molecule has 2 amide bonds. The molecule has 0 bridgehead atoms. The van der Waals surface area contributed by atoms with Crippen LogP contribution in [-0.2, 0) is 14.4 Å². The second-order valence-corrected chi connectivity index (χ2v) is 5.33. The largest absolute Gasteiger partial charge is 0.381 e. The first-order chi connectivity index (χ1) is 11.2.